The van der Waals surface area contributed by atoms with Crippen molar-refractivity contribution in [2.24, 2.45) is 4.99 Å². The summed E-state index contributed by atoms with van der Waals surface area (Å²) < 4.78 is 35.0. The third-order valence-corrected chi connectivity index (χ3v) is 7.89. The van der Waals surface area contributed by atoms with Crippen LogP contribution >= 0.6 is 11.3 Å². The van der Waals surface area contributed by atoms with Crippen molar-refractivity contribution in [3.8, 4) is 11.3 Å². The number of ether oxygens (including phenoxy) is 1. The molecule has 1 saturated heterocycles. The molecule has 4 rings (SSSR count). The smallest absolute Gasteiger partial charge is 0.243 e. The first-order chi connectivity index (χ1) is 14.6. The van der Waals surface area contributed by atoms with Crippen LogP contribution in [-0.2, 0) is 21.3 Å². The maximum absolute atomic E-state index is 13.0. The zero-order valence-electron chi connectivity index (χ0n) is 16.9. The second-order valence-corrected chi connectivity index (χ2v) is 9.91. The molecule has 0 unspecified atom stereocenters. The van der Waals surface area contributed by atoms with Gasteiger partial charge in [-0.3, -0.25) is 0 Å². The number of sulfonamides is 1. The molecule has 2 heterocycles. The van der Waals surface area contributed by atoms with Gasteiger partial charge in [-0.25, -0.2) is 13.4 Å². The number of hydrogen-bond acceptors (Lipinski definition) is 5. The van der Waals surface area contributed by atoms with Crippen LogP contribution in [0.5, 0.6) is 0 Å². The Kier molecular flexibility index (Phi) is 6.48. The summed E-state index contributed by atoms with van der Waals surface area (Å²) in [5.74, 6) is 0. The van der Waals surface area contributed by atoms with E-state index in [-0.39, 0.29) is 0 Å². The monoisotopic (exact) mass is 443 g/mol. The minimum absolute atomic E-state index is 0.341. The molecule has 0 bridgehead atoms. The van der Waals surface area contributed by atoms with Gasteiger partial charge >= 0.3 is 0 Å². The number of rotatable bonds is 7. The molecular formula is C22H25N3O3S2. The predicted molar refractivity (Wildman–Crippen MR) is 119 cm³/mol. The van der Waals surface area contributed by atoms with Gasteiger partial charge < -0.3 is 9.30 Å². The molecule has 158 valence electrons. The molecule has 6 nitrogen and oxygen atoms in total. The summed E-state index contributed by atoms with van der Waals surface area (Å²) in [5, 5.41) is 2.03. The average Bonchev–Trinajstić information content (AvgIpc) is 3.44. The Bertz CT molecular complexity index is 1160. The van der Waals surface area contributed by atoms with Crippen LogP contribution in [0.1, 0.15) is 12.8 Å². The lowest BCUT2D eigenvalue weighted by Gasteiger charge is -2.16. The number of benzene rings is 2. The Morgan fingerprint density at radius 2 is 1.83 bits per heavy atom. The van der Waals surface area contributed by atoms with Gasteiger partial charge in [-0.1, -0.05) is 30.3 Å². The van der Waals surface area contributed by atoms with E-state index in [1.54, 1.807) is 23.5 Å². The Morgan fingerprint density at radius 3 is 2.57 bits per heavy atom. The van der Waals surface area contributed by atoms with Gasteiger partial charge in [0.2, 0.25) is 10.0 Å². The van der Waals surface area contributed by atoms with Crippen LogP contribution in [-0.4, -0.2) is 44.1 Å². The van der Waals surface area contributed by atoms with E-state index in [0.717, 1.165) is 34.6 Å². The van der Waals surface area contributed by atoms with Crippen LogP contribution in [0.3, 0.4) is 0 Å². The van der Waals surface area contributed by atoms with Gasteiger partial charge in [0.1, 0.15) is 0 Å². The fourth-order valence-electron chi connectivity index (χ4n) is 3.55. The summed E-state index contributed by atoms with van der Waals surface area (Å²) >= 11 is 1.54. The van der Waals surface area contributed by atoms with Gasteiger partial charge in [-0.05, 0) is 37.1 Å². The first-order valence-corrected chi connectivity index (χ1v) is 12.3. The number of hydrogen-bond donors (Lipinski definition) is 0. The molecule has 3 aromatic rings. The Balaban J connectivity index is 1.76. The summed E-state index contributed by atoms with van der Waals surface area (Å²) in [7, 11) is -1.79. The number of aromatic nitrogens is 1. The number of thiazole rings is 1. The van der Waals surface area contributed by atoms with E-state index >= 15 is 0 Å². The topological polar surface area (TPSA) is 63.9 Å². The van der Waals surface area contributed by atoms with E-state index in [1.165, 1.54) is 11.3 Å². The van der Waals surface area contributed by atoms with Crippen LogP contribution in [0, 0.1) is 0 Å². The second kappa shape index (κ2) is 9.26. The standard InChI is InChI=1S/C22H25N3O3S2/c1-28-15-14-25-21(17-29-22(25)23-19-9-3-2-4-10-19)18-8-7-11-20(16-18)30(26,27)24-12-5-6-13-24/h2-4,7-11,16-17H,5-6,12-15H2,1H3. The van der Waals surface area contributed by atoms with Gasteiger partial charge in [-0.2, -0.15) is 4.31 Å². The highest BCUT2D eigenvalue weighted by Gasteiger charge is 2.27. The van der Waals surface area contributed by atoms with Crippen LogP contribution in [0.25, 0.3) is 11.3 Å². The highest BCUT2D eigenvalue weighted by Crippen LogP contribution is 2.27. The largest absolute Gasteiger partial charge is 0.383 e. The lowest BCUT2D eigenvalue weighted by Crippen LogP contribution is -2.27. The highest BCUT2D eigenvalue weighted by molar-refractivity contribution is 7.89. The number of nitrogens with zero attached hydrogens (tertiary/aromatic N) is 3. The summed E-state index contributed by atoms with van der Waals surface area (Å²) in [6, 6.07) is 17.0. The van der Waals surface area contributed by atoms with E-state index in [2.05, 4.69) is 4.57 Å². The normalized spacial score (nSPS) is 15.7. The Labute approximate surface area is 181 Å². The summed E-state index contributed by atoms with van der Waals surface area (Å²) in [5.41, 5.74) is 2.67. The van der Waals surface area contributed by atoms with Crippen molar-refractivity contribution in [1.82, 2.24) is 8.87 Å². The maximum atomic E-state index is 13.0. The first kappa shape index (κ1) is 21.0. The van der Waals surface area contributed by atoms with Gasteiger partial charge in [0.15, 0.2) is 4.80 Å². The minimum atomic E-state index is -3.46. The van der Waals surface area contributed by atoms with Crippen LogP contribution in [0.15, 0.2) is 69.9 Å². The maximum Gasteiger partial charge on any atom is 0.243 e. The fraction of sp³-hybridized carbons (Fsp3) is 0.318. The molecule has 0 spiro atoms. The van der Waals surface area contributed by atoms with Gasteiger partial charge in [0.25, 0.3) is 0 Å². The molecule has 0 atom stereocenters. The van der Waals surface area contributed by atoms with E-state index in [1.807, 2.05) is 47.8 Å². The van der Waals surface area contributed by atoms with Crippen molar-refractivity contribution in [3.63, 3.8) is 0 Å². The molecule has 1 fully saturated rings. The second-order valence-electron chi connectivity index (χ2n) is 7.13. The molecule has 1 aromatic heterocycles. The SMILES string of the molecule is COCCn1c(-c2cccc(S(=O)(=O)N3CCCC3)c2)csc1=Nc1ccccc1. The number of para-hydroxylation sites is 1. The summed E-state index contributed by atoms with van der Waals surface area (Å²) in [6.45, 7) is 2.36. The van der Waals surface area contributed by atoms with Crippen LogP contribution < -0.4 is 4.80 Å². The quantitative estimate of drug-likeness (QED) is 0.557. The van der Waals surface area contributed by atoms with Crippen molar-refractivity contribution in [2.75, 3.05) is 26.8 Å². The third-order valence-electron chi connectivity index (χ3n) is 5.13. The van der Waals surface area contributed by atoms with Crippen LogP contribution in [0.2, 0.25) is 0 Å². The lowest BCUT2D eigenvalue weighted by atomic mass is 10.2. The van der Waals surface area contributed by atoms with Gasteiger partial charge in [-0.15, -0.1) is 11.3 Å². The number of methoxy groups -OCH3 is 1. The average molecular weight is 444 g/mol. The van der Waals surface area contributed by atoms with E-state index in [4.69, 9.17) is 9.73 Å². The molecule has 0 N–H and O–H groups in total. The highest BCUT2D eigenvalue weighted by atomic mass is 32.2. The Morgan fingerprint density at radius 1 is 1.07 bits per heavy atom. The summed E-state index contributed by atoms with van der Waals surface area (Å²) in [6.07, 6.45) is 1.84. The molecule has 0 amide bonds. The van der Waals surface area contributed by atoms with Crippen LogP contribution in [0.4, 0.5) is 5.69 Å². The molecule has 0 aliphatic carbocycles. The molecule has 1 aliphatic rings. The Hall–Kier alpha value is -2.26. The zero-order valence-corrected chi connectivity index (χ0v) is 18.5. The lowest BCUT2D eigenvalue weighted by molar-refractivity contribution is 0.187. The van der Waals surface area contributed by atoms with E-state index in [0.29, 0.717) is 31.1 Å². The molecule has 0 saturated carbocycles. The van der Waals surface area contributed by atoms with Crippen molar-refractivity contribution in [1.29, 1.82) is 0 Å². The molecular weight excluding hydrogens is 418 g/mol. The molecule has 30 heavy (non-hydrogen) atoms. The third kappa shape index (κ3) is 4.41. The van der Waals surface area contributed by atoms with Gasteiger partial charge in [0.05, 0.1) is 22.9 Å². The molecule has 2 aromatic carbocycles. The molecule has 8 heteroatoms. The van der Waals surface area contributed by atoms with Gasteiger partial charge in [0, 0.05) is 37.7 Å². The minimum Gasteiger partial charge on any atom is -0.383 e. The van der Waals surface area contributed by atoms with Crippen molar-refractivity contribution in [3.05, 3.63) is 64.8 Å². The molecule has 0 radical (unpaired) electrons. The van der Waals surface area contributed by atoms with E-state index < -0.39 is 10.0 Å². The van der Waals surface area contributed by atoms with Crippen molar-refractivity contribution < 1.29 is 13.2 Å². The first-order valence-electron chi connectivity index (χ1n) is 9.97. The molecule has 1 aliphatic heterocycles. The van der Waals surface area contributed by atoms with E-state index in [9.17, 15) is 8.42 Å². The zero-order chi connectivity index (χ0) is 21.0. The van der Waals surface area contributed by atoms with Crippen molar-refractivity contribution >= 4 is 27.0 Å². The predicted octanol–water partition coefficient (Wildman–Crippen LogP) is 3.88. The van der Waals surface area contributed by atoms with Crippen molar-refractivity contribution in [2.45, 2.75) is 24.3 Å². The fourth-order valence-corrected chi connectivity index (χ4v) is 6.07. The summed E-state index contributed by atoms with van der Waals surface area (Å²) in [4.78, 5) is 5.96.